The maximum atomic E-state index is 5.48. The van der Waals surface area contributed by atoms with Gasteiger partial charge in [0.1, 0.15) is 0 Å². The first-order valence-corrected chi connectivity index (χ1v) is 11.6. The Morgan fingerprint density at radius 2 is 1.73 bits per heavy atom. The number of likely N-dealkylation sites (tertiary alicyclic amines) is 1. The zero-order valence-corrected chi connectivity index (χ0v) is 20.8. The fourth-order valence-electron chi connectivity index (χ4n) is 5.32. The molecule has 6 heteroatoms. The highest BCUT2D eigenvalue weighted by Gasteiger charge is 2.28. The number of rotatable bonds is 5. The number of nitrogens with one attached hydrogen (secondary N) is 1. The van der Waals surface area contributed by atoms with E-state index >= 15 is 0 Å². The molecule has 1 aromatic carbocycles. The van der Waals surface area contributed by atoms with Crippen LogP contribution in [0.3, 0.4) is 0 Å². The maximum Gasteiger partial charge on any atom is 0.193 e. The van der Waals surface area contributed by atoms with Gasteiger partial charge in [0.05, 0.1) is 13.2 Å². The number of ether oxygens (including phenoxy) is 1. The van der Waals surface area contributed by atoms with E-state index < -0.39 is 0 Å². The Hall–Kier alpha value is -0.860. The molecule has 0 aromatic heterocycles. The number of benzene rings is 1. The molecule has 3 fully saturated rings. The maximum absolute atomic E-state index is 5.48. The fourth-order valence-corrected chi connectivity index (χ4v) is 5.32. The number of hydrogen-bond acceptors (Lipinski definition) is 3. The Labute approximate surface area is 199 Å². The van der Waals surface area contributed by atoms with Crippen LogP contribution in [-0.2, 0) is 4.74 Å². The van der Waals surface area contributed by atoms with Crippen LogP contribution in [0, 0.1) is 11.8 Å². The zero-order valence-electron chi connectivity index (χ0n) is 18.5. The quantitative estimate of drug-likeness (QED) is 0.360. The molecule has 2 heterocycles. The number of nitrogens with zero attached hydrogens (tertiary/aromatic N) is 3. The molecule has 1 atom stereocenters. The zero-order chi connectivity index (χ0) is 19.9. The van der Waals surface area contributed by atoms with Gasteiger partial charge in [-0.05, 0) is 55.4 Å². The van der Waals surface area contributed by atoms with E-state index in [2.05, 4.69) is 50.4 Å². The lowest BCUT2D eigenvalue weighted by Gasteiger charge is -2.31. The van der Waals surface area contributed by atoms with Gasteiger partial charge < -0.3 is 15.0 Å². The van der Waals surface area contributed by atoms with Crippen LogP contribution in [0.4, 0.5) is 0 Å². The van der Waals surface area contributed by atoms with Crippen LogP contribution in [0.5, 0.6) is 0 Å². The van der Waals surface area contributed by atoms with Crippen LogP contribution in [0.25, 0.3) is 0 Å². The van der Waals surface area contributed by atoms with E-state index in [-0.39, 0.29) is 24.0 Å². The molecule has 1 N–H and O–H groups in total. The van der Waals surface area contributed by atoms with E-state index in [4.69, 9.17) is 4.74 Å². The molecule has 1 unspecified atom stereocenters. The highest BCUT2D eigenvalue weighted by atomic mass is 127. The van der Waals surface area contributed by atoms with Gasteiger partial charge in [-0.15, -0.1) is 24.0 Å². The topological polar surface area (TPSA) is 40.1 Å². The first-order valence-electron chi connectivity index (χ1n) is 11.6. The summed E-state index contributed by atoms with van der Waals surface area (Å²) in [5, 5.41) is 3.70. The Morgan fingerprint density at radius 3 is 2.43 bits per heavy atom. The summed E-state index contributed by atoms with van der Waals surface area (Å²) in [7, 11) is 1.93. The second kappa shape index (κ2) is 12.2. The largest absolute Gasteiger partial charge is 0.379 e. The lowest BCUT2D eigenvalue weighted by Crippen LogP contribution is -2.43. The molecular formula is C24H39IN4O. The molecule has 4 rings (SSSR count). The van der Waals surface area contributed by atoms with Gasteiger partial charge in [0.15, 0.2) is 5.96 Å². The molecule has 1 aromatic rings. The van der Waals surface area contributed by atoms with E-state index in [0.717, 1.165) is 69.7 Å². The van der Waals surface area contributed by atoms with E-state index in [1.807, 2.05) is 7.05 Å². The second-order valence-corrected chi connectivity index (χ2v) is 9.07. The Balaban J connectivity index is 0.00000256. The number of morpholine rings is 1. The summed E-state index contributed by atoms with van der Waals surface area (Å²) in [5.41, 5.74) is 1.53. The van der Waals surface area contributed by atoms with Crippen molar-refractivity contribution in [2.45, 2.75) is 38.0 Å². The summed E-state index contributed by atoms with van der Waals surface area (Å²) in [5.74, 6) is 3.40. The predicted octanol–water partition coefficient (Wildman–Crippen LogP) is 3.81. The Morgan fingerprint density at radius 1 is 1.00 bits per heavy atom. The lowest BCUT2D eigenvalue weighted by molar-refractivity contribution is 0.0315. The van der Waals surface area contributed by atoms with Crippen LogP contribution >= 0.6 is 24.0 Å². The molecule has 168 valence electrons. The normalized spacial score (nSPS) is 28.2. The van der Waals surface area contributed by atoms with Crippen LogP contribution in [0.1, 0.15) is 43.6 Å². The molecule has 2 saturated heterocycles. The highest BCUT2D eigenvalue weighted by Crippen LogP contribution is 2.35. The van der Waals surface area contributed by atoms with Crippen molar-refractivity contribution in [2.75, 3.05) is 59.5 Å². The molecule has 0 spiro atoms. The fraction of sp³-hybridized carbons (Fsp3) is 0.708. The van der Waals surface area contributed by atoms with Crippen molar-refractivity contribution in [3.63, 3.8) is 0 Å². The third kappa shape index (κ3) is 6.57. The Bertz CT molecular complexity index is 642. The van der Waals surface area contributed by atoms with Crippen LogP contribution in [-0.4, -0.2) is 75.3 Å². The number of hydrogen-bond donors (Lipinski definition) is 1. The van der Waals surface area contributed by atoms with Crippen molar-refractivity contribution in [3.05, 3.63) is 35.9 Å². The summed E-state index contributed by atoms with van der Waals surface area (Å²) in [4.78, 5) is 9.64. The summed E-state index contributed by atoms with van der Waals surface area (Å²) in [6.45, 7) is 8.52. The Kier molecular flexibility index (Phi) is 9.71. The molecule has 0 bridgehead atoms. The van der Waals surface area contributed by atoms with E-state index in [1.165, 1.54) is 44.2 Å². The molecule has 1 aliphatic carbocycles. The van der Waals surface area contributed by atoms with Crippen molar-refractivity contribution in [2.24, 2.45) is 16.8 Å². The van der Waals surface area contributed by atoms with Crippen molar-refractivity contribution < 1.29 is 4.74 Å². The third-order valence-corrected chi connectivity index (χ3v) is 7.08. The predicted molar refractivity (Wildman–Crippen MR) is 135 cm³/mol. The summed E-state index contributed by atoms with van der Waals surface area (Å²) in [6, 6.07) is 11.1. The summed E-state index contributed by atoms with van der Waals surface area (Å²) < 4.78 is 5.48. The molecule has 0 radical (unpaired) electrons. The second-order valence-electron chi connectivity index (χ2n) is 9.07. The standard InChI is InChI=1S/C24H38N4O.HI/c1-25-24(28-12-11-21(19-28)18-27-13-15-29-16-14-27)26-17-20-7-9-23(10-8-20)22-5-3-2-4-6-22;/h2-6,20-21,23H,7-19H2,1H3,(H,25,26);1H. The number of guanidine groups is 1. The minimum Gasteiger partial charge on any atom is -0.379 e. The summed E-state index contributed by atoms with van der Waals surface area (Å²) >= 11 is 0. The third-order valence-electron chi connectivity index (χ3n) is 7.08. The van der Waals surface area contributed by atoms with Gasteiger partial charge >= 0.3 is 0 Å². The van der Waals surface area contributed by atoms with Crippen LogP contribution in [0.2, 0.25) is 0 Å². The average Bonchev–Trinajstić information content (AvgIpc) is 3.24. The van der Waals surface area contributed by atoms with Gasteiger partial charge in [0, 0.05) is 46.3 Å². The van der Waals surface area contributed by atoms with E-state index in [1.54, 1.807) is 0 Å². The minimum atomic E-state index is 0. The molecule has 0 amide bonds. The summed E-state index contributed by atoms with van der Waals surface area (Å²) in [6.07, 6.45) is 6.56. The lowest BCUT2D eigenvalue weighted by atomic mass is 9.79. The highest BCUT2D eigenvalue weighted by molar-refractivity contribution is 14.0. The minimum absolute atomic E-state index is 0. The van der Waals surface area contributed by atoms with Crippen molar-refractivity contribution in [1.29, 1.82) is 0 Å². The molecule has 3 aliphatic rings. The first-order chi connectivity index (χ1) is 14.3. The monoisotopic (exact) mass is 526 g/mol. The molecule has 1 saturated carbocycles. The van der Waals surface area contributed by atoms with Crippen molar-refractivity contribution in [3.8, 4) is 0 Å². The van der Waals surface area contributed by atoms with Crippen LogP contribution in [0.15, 0.2) is 35.3 Å². The van der Waals surface area contributed by atoms with Gasteiger partial charge in [0.25, 0.3) is 0 Å². The smallest absolute Gasteiger partial charge is 0.193 e. The van der Waals surface area contributed by atoms with E-state index in [0.29, 0.717) is 0 Å². The molecular weight excluding hydrogens is 487 g/mol. The molecule has 2 aliphatic heterocycles. The van der Waals surface area contributed by atoms with Gasteiger partial charge in [0.2, 0.25) is 0 Å². The van der Waals surface area contributed by atoms with Crippen molar-refractivity contribution in [1.82, 2.24) is 15.1 Å². The molecule has 5 nitrogen and oxygen atoms in total. The SMILES string of the molecule is CN=C(NCC1CCC(c2ccccc2)CC1)N1CCC(CN2CCOCC2)C1.I. The van der Waals surface area contributed by atoms with Crippen LogP contribution < -0.4 is 5.32 Å². The van der Waals surface area contributed by atoms with Gasteiger partial charge in [-0.1, -0.05) is 30.3 Å². The number of halogens is 1. The van der Waals surface area contributed by atoms with Gasteiger partial charge in [-0.2, -0.15) is 0 Å². The first kappa shape index (κ1) is 23.8. The van der Waals surface area contributed by atoms with Crippen molar-refractivity contribution >= 4 is 29.9 Å². The van der Waals surface area contributed by atoms with Gasteiger partial charge in [-0.3, -0.25) is 9.89 Å². The molecule has 30 heavy (non-hydrogen) atoms. The van der Waals surface area contributed by atoms with E-state index in [9.17, 15) is 0 Å². The average molecular weight is 527 g/mol. The van der Waals surface area contributed by atoms with Gasteiger partial charge in [-0.25, -0.2) is 0 Å². The number of aliphatic imine (C=N–C) groups is 1.